The van der Waals surface area contributed by atoms with Crippen molar-refractivity contribution in [1.82, 2.24) is 15.2 Å². The molecule has 0 radical (unpaired) electrons. The molecule has 0 saturated carbocycles. The molecule has 1 atom stereocenters. The third-order valence-corrected chi connectivity index (χ3v) is 6.61. The lowest BCUT2D eigenvalue weighted by Gasteiger charge is -2.36. The minimum Gasteiger partial charge on any atom is -0.460 e. The third kappa shape index (κ3) is 5.93. The Morgan fingerprint density at radius 1 is 1.20 bits per heavy atom. The molecular weight excluding hydrogens is 488 g/mol. The molecule has 1 amide bonds. The lowest BCUT2D eigenvalue weighted by atomic mass is 9.94. The fourth-order valence-electron chi connectivity index (χ4n) is 3.85. The molecule has 0 aliphatic carbocycles. The predicted molar refractivity (Wildman–Crippen MR) is 135 cm³/mol. The van der Waals surface area contributed by atoms with Crippen molar-refractivity contribution in [2.45, 2.75) is 25.9 Å². The van der Waals surface area contributed by atoms with Crippen molar-refractivity contribution in [3.63, 3.8) is 0 Å². The number of aromatic nitrogens is 1. The summed E-state index contributed by atoms with van der Waals surface area (Å²) in [5.74, 6) is -0.624. The fraction of sp³-hybridized carbons (Fsp3) is 0.280. The van der Waals surface area contributed by atoms with Crippen molar-refractivity contribution < 1.29 is 19.1 Å². The van der Waals surface area contributed by atoms with Crippen LogP contribution in [0.5, 0.6) is 0 Å². The van der Waals surface area contributed by atoms with Gasteiger partial charge in [-0.1, -0.05) is 35.5 Å². The summed E-state index contributed by atoms with van der Waals surface area (Å²) in [5.41, 5.74) is 3.46. The highest BCUT2D eigenvalue weighted by atomic mass is 35.5. The number of hydrogen-bond acceptors (Lipinski definition) is 8. The minimum atomic E-state index is -0.537. The fourth-order valence-corrected chi connectivity index (χ4v) is 5.01. The van der Waals surface area contributed by atoms with Gasteiger partial charge in [-0.3, -0.25) is 9.78 Å². The number of methoxy groups -OCH3 is 1. The van der Waals surface area contributed by atoms with Crippen molar-refractivity contribution in [2.24, 2.45) is 4.99 Å². The van der Waals surface area contributed by atoms with E-state index in [1.807, 2.05) is 40.6 Å². The number of allylic oxidation sites excluding steroid dienone is 1. The molecule has 0 spiro atoms. The predicted octanol–water partition coefficient (Wildman–Crippen LogP) is 4.21. The van der Waals surface area contributed by atoms with Crippen LogP contribution in [0, 0.1) is 0 Å². The van der Waals surface area contributed by atoms with Gasteiger partial charge < -0.3 is 19.7 Å². The number of halogens is 1. The van der Waals surface area contributed by atoms with E-state index >= 15 is 0 Å². The maximum Gasteiger partial charge on any atom is 0.338 e. The normalized spacial score (nSPS) is 17.0. The second kappa shape index (κ2) is 11.5. The lowest BCUT2D eigenvalue weighted by Crippen LogP contribution is -2.38. The average Bonchev–Trinajstić information content (AvgIpc) is 3.24. The Kier molecular flexibility index (Phi) is 8.22. The highest BCUT2D eigenvalue weighted by Crippen LogP contribution is 2.45. The lowest BCUT2D eigenvalue weighted by molar-refractivity contribution is -0.141. The van der Waals surface area contributed by atoms with E-state index < -0.39 is 12.0 Å². The van der Waals surface area contributed by atoms with Gasteiger partial charge in [-0.15, -0.1) is 0 Å². The summed E-state index contributed by atoms with van der Waals surface area (Å²) in [6.45, 7) is 2.60. The zero-order valence-electron chi connectivity index (χ0n) is 19.4. The van der Waals surface area contributed by atoms with E-state index in [2.05, 4.69) is 15.3 Å². The van der Waals surface area contributed by atoms with E-state index in [1.165, 1.54) is 11.8 Å². The largest absolute Gasteiger partial charge is 0.460 e. The number of nitrogens with zero attached hydrogens (tertiary/aromatic N) is 3. The molecule has 1 aromatic heterocycles. The van der Waals surface area contributed by atoms with Gasteiger partial charge in [-0.2, -0.15) is 0 Å². The van der Waals surface area contributed by atoms with E-state index in [1.54, 1.807) is 32.5 Å². The van der Waals surface area contributed by atoms with Crippen LogP contribution >= 0.6 is 23.4 Å². The smallest absolute Gasteiger partial charge is 0.338 e. The number of carbonyl (C=O) groups excluding carboxylic acids is 2. The van der Waals surface area contributed by atoms with Crippen LogP contribution in [0.1, 0.15) is 30.5 Å². The Labute approximate surface area is 213 Å². The van der Waals surface area contributed by atoms with Gasteiger partial charge in [-0.05, 0) is 47.7 Å². The van der Waals surface area contributed by atoms with Gasteiger partial charge in [0.15, 0.2) is 5.17 Å². The van der Waals surface area contributed by atoms with Crippen LogP contribution in [0.25, 0.3) is 0 Å². The number of amides is 1. The summed E-state index contributed by atoms with van der Waals surface area (Å²) >= 11 is 7.73. The second-order valence-corrected chi connectivity index (χ2v) is 9.16. The molecular formula is C25H25ClN4O4S. The minimum absolute atomic E-state index is 0.124. The number of hydrogen-bond donors (Lipinski definition) is 1. The first kappa shape index (κ1) is 25.0. The number of carbonyl (C=O) groups is 2. The molecule has 0 bridgehead atoms. The zero-order chi connectivity index (χ0) is 24.8. The number of amidine groups is 1. The Morgan fingerprint density at radius 3 is 2.74 bits per heavy atom. The Hall–Kier alpha value is -3.14. The van der Waals surface area contributed by atoms with Crippen molar-refractivity contribution >= 4 is 40.4 Å². The van der Waals surface area contributed by atoms with Gasteiger partial charge in [0, 0.05) is 36.8 Å². The van der Waals surface area contributed by atoms with Crippen LogP contribution in [0.3, 0.4) is 0 Å². The zero-order valence-corrected chi connectivity index (χ0v) is 20.9. The molecule has 10 heteroatoms. The van der Waals surface area contributed by atoms with Gasteiger partial charge in [0.05, 0.1) is 30.3 Å². The SMILES string of the molecule is COCCOC(=O)C1=C(C)N=C2SC=C(CC(=O)NCc3ccncc3)N2[C@H]1c1cccc(Cl)c1. The first-order valence-corrected chi connectivity index (χ1v) is 12.2. The monoisotopic (exact) mass is 512 g/mol. The van der Waals surface area contributed by atoms with Gasteiger partial charge in [0.25, 0.3) is 0 Å². The molecule has 0 fully saturated rings. The summed E-state index contributed by atoms with van der Waals surface area (Å²) in [7, 11) is 1.54. The molecule has 1 aromatic carbocycles. The second-order valence-electron chi connectivity index (χ2n) is 7.89. The van der Waals surface area contributed by atoms with Crippen LogP contribution in [-0.2, 0) is 25.6 Å². The van der Waals surface area contributed by atoms with Crippen LogP contribution in [0.2, 0.25) is 5.02 Å². The van der Waals surface area contributed by atoms with Gasteiger partial charge in [-0.25, -0.2) is 9.79 Å². The number of rotatable bonds is 9. The molecule has 0 saturated heterocycles. The first-order valence-electron chi connectivity index (χ1n) is 11.0. The molecule has 3 heterocycles. The molecule has 2 aliphatic heterocycles. The maximum absolute atomic E-state index is 13.2. The number of aliphatic imine (C=N–C) groups is 1. The van der Waals surface area contributed by atoms with E-state index in [-0.39, 0.29) is 25.5 Å². The number of benzene rings is 1. The molecule has 35 heavy (non-hydrogen) atoms. The highest BCUT2D eigenvalue weighted by Gasteiger charge is 2.41. The van der Waals surface area contributed by atoms with E-state index in [0.29, 0.717) is 28.0 Å². The van der Waals surface area contributed by atoms with Crippen LogP contribution < -0.4 is 5.32 Å². The van der Waals surface area contributed by atoms with Crippen molar-refractivity contribution in [3.05, 3.63) is 87.3 Å². The summed E-state index contributed by atoms with van der Waals surface area (Å²) in [6, 6.07) is 10.5. The summed E-state index contributed by atoms with van der Waals surface area (Å²) in [4.78, 5) is 36.5. The van der Waals surface area contributed by atoms with E-state index in [4.69, 9.17) is 21.1 Å². The van der Waals surface area contributed by atoms with Crippen LogP contribution in [0.4, 0.5) is 0 Å². The molecule has 4 rings (SSSR count). The molecule has 2 aromatic rings. The number of ether oxygens (including phenoxy) is 2. The Bertz CT molecular complexity index is 1200. The molecule has 8 nitrogen and oxygen atoms in total. The summed E-state index contributed by atoms with van der Waals surface area (Å²) in [5, 5.41) is 6.08. The number of thioether (sulfide) groups is 1. The Morgan fingerprint density at radius 2 is 2.00 bits per heavy atom. The average molecular weight is 513 g/mol. The van der Waals surface area contributed by atoms with E-state index in [0.717, 1.165) is 16.8 Å². The van der Waals surface area contributed by atoms with E-state index in [9.17, 15) is 9.59 Å². The van der Waals surface area contributed by atoms with Gasteiger partial charge >= 0.3 is 5.97 Å². The number of nitrogens with one attached hydrogen (secondary N) is 1. The molecule has 182 valence electrons. The highest BCUT2D eigenvalue weighted by molar-refractivity contribution is 8.16. The topological polar surface area (TPSA) is 93.1 Å². The van der Waals surface area contributed by atoms with Crippen molar-refractivity contribution in [2.75, 3.05) is 20.3 Å². The Balaban J connectivity index is 1.59. The molecule has 1 N–H and O–H groups in total. The van der Waals surface area contributed by atoms with Gasteiger partial charge in [0.2, 0.25) is 5.91 Å². The first-order chi connectivity index (χ1) is 17.0. The van der Waals surface area contributed by atoms with Gasteiger partial charge in [0.1, 0.15) is 6.61 Å². The van der Waals surface area contributed by atoms with Crippen molar-refractivity contribution in [1.29, 1.82) is 0 Å². The van der Waals surface area contributed by atoms with Crippen LogP contribution in [0.15, 0.2) is 76.2 Å². The molecule has 0 unspecified atom stereocenters. The number of esters is 1. The van der Waals surface area contributed by atoms with Crippen LogP contribution in [-0.4, -0.2) is 47.3 Å². The maximum atomic E-state index is 13.2. The quantitative estimate of drug-likeness (QED) is 0.397. The molecule has 2 aliphatic rings. The third-order valence-electron chi connectivity index (χ3n) is 5.49. The number of fused-ring (bicyclic) bond motifs is 1. The van der Waals surface area contributed by atoms with Crippen molar-refractivity contribution in [3.8, 4) is 0 Å². The standard InChI is InChI=1S/C25H25ClN4O4S/c1-16-22(24(32)34-11-10-33-2)23(18-4-3-5-19(26)12-18)30-20(15-35-25(30)29-16)13-21(31)28-14-17-6-8-27-9-7-17/h3-9,12,15,23H,10-11,13-14H2,1-2H3,(H,28,31)/t23-/m0/s1. The summed E-state index contributed by atoms with van der Waals surface area (Å²) in [6.07, 6.45) is 3.50. The summed E-state index contributed by atoms with van der Waals surface area (Å²) < 4.78 is 10.5. The number of pyridine rings is 1.